The first-order valence-corrected chi connectivity index (χ1v) is 5.08. The molecule has 2 aromatic rings. The Hall–Kier alpha value is -1.31. The van der Waals surface area contributed by atoms with Gasteiger partial charge in [0.05, 0.1) is 5.52 Å². The number of pyridine rings is 1. The maximum Gasteiger partial charge on any atom is 0.0698 e. The van der Waals surface area contributed by atoms with Crippen molar-refractivity contribution in [2.24, 2.45) is 0 Å². The van der Waals surface area contributed by atoms with Crippen molar-refractivity contribution in [1.29, 1.82) is 0 Å². The Morgan fingerprint density at radius 2 is 2.14 bits per heavy atom. The van der Waals surface area contributed by atoms with Crippen molar-refractivity contribution < 1.29 is 0 Å². The normalized spacial score (nSPS) is 12.2. The van der Waals surface area contributed by atoms with Crippen LogP contribution in [0.3, 0.4) is 0 Å². The molecule has 0 aliphatic rings. The highest BCUT2D eigenvalue weighted by atomic mass is 15.2. The minimum Gasteiger partial charge on any atom is -0.241 e. The van der Waals surface area contributed by atoms with Crippen molar-refractivity contribution in [3.63, 3.8) is 0 Å². The highest BCUT2D eigenvalue weighted by Gasteiger charge is 2.20. The lowest BCUT2D eigenvalue weighted by Gasteiger charge is -2.23. The van der Waals surface area contributed by atoms with E-state index in [-0.39, 0.29) is 5.41 Å². The van der Waals surface area contributed by atoms with E-state index in [0.29, 0.717) is 0 Å². The van der Waals surface area contributed by atoms with Crippen LogP contribution in [0, 0.1) is 0 Å². The number of fused-ring (bicyclic) bond motifs is 1. The number of aromatic nitrogens is 2. The number of rotatable bonds is 2. The lowest BCUT2D eigenvalue weighted by Crippen LogP contribution is -2.16. The van der Waals surface area contributed by atoms with Gasteiger partial charge in [-0.1, -0.05) is 26.8 Å². The molecular weight excluding hydrogens is 172 g/mol. The lowest BCUT2D eigenvalue weighted by atomic mass is 9.82. The van der Waals surface area contributed by atoms with Crippen molar-refractivity contribution in [3.8, 4) is 0 Å². The first-order valence-electron chi connectivity index (χ1n) is 5.08. The van der Waals surface area contributed by atoms with Crippen LogP contribution in [-0.2, 0) is 5.41 Å². The Balaban J connectivity index is 2.67. The standard InChI is InChI=1S/C12H16N2/c1-4-12(2,3)10-6-5-9-14-11(10)7-8-13-14/h5-9H,4H2,1-3H3. The van der Waals surface area contributed by atoms with Crippen molar-refractivity contribution in [2.45, 2.75) is 32.6 Å². The van der Waals surface area contributed by atoms with Gasteiger partial charge in [-0.05, 0) is 29.5 Å². The zero-order valence-corrected chi connectivity index (χ0v) is 8.99. The molecule has 0 saturated heterocycles. The Kier molecular flexibility index (Phi) is 2.06. The average molecular weight is 188 g/mol. The Bertz CT molecular complexity index is 440. The summed E-state index contributed by atoms with van der Waals surface area (Å²) in [6, 6.07) is 6.33. The maximum absolute atomic E-state index is 4.24. The van der Waals surface area contributed by atoms with E-state index in [2.05, 4.69) is 44.1 Å². The third kappa shape index (κ3) is 1.31. The molecule has 0 unspecified atom stereocenters. The minimum atomic E-state index is 0.225. The van der Waals surface area contributed by atoms with E-state index in [1.54, 1.807) is 0 Å². The summed E-state index contributed by atoms with van der Waals surface area (Å²) in [5.41, 5.74) is 2.82. The number of nitrogens with zero attached hydrogens (tertiary/aromatic N) is 2. The predicted octanol–water partition coefficient (Wildman–Crippen LogP) is 3.02. The molecule has 0 aromatic carbocycles. The Morgan fingerprint density at radius 3 is 2.86 bits per heavy atom. The second kappa shape index (κ2) is 3.12. The molecule has 0 aliphatic carbocycles. The first kappa shape index (κ1) is 9.25. The third-order valence-electron chi connectivity index (χ3n) is 3.05. The van der Waals surface area contributed by atoms with Gasteiger partial charge in [-0.15, -0.1) is 0 Å². The molecule has 0 amide bonds. The molecule has 0 bridgehead atoms. The maximum atomic E-state index is 4.24. The van der Waals surface area contributed by atoms with E-state index in [1.165, 1.54) is 11.1 Å². The molecule has 0 atom stereocenters. The molecule has 2 heterocycles. The summed E-state index contributed by atoms with van der Waals surface area (Å²) in [4.78, 5) is 0. The van der Waals surface area contributed by atoms with E-state index in [0.717, 1.165) is 6.42 Å². The summed E-state index contributed by atoms with van der Waals surface area (Å²) in [6.07, 6.45) is 4.98. The fourth-order valence-electron chi connectivity index (χ4n) is 1.72. The fourth-order valence-corrected chi connectivity index (χ4v) is 1.72. The quantitative estimate of drug-likeness (QED) is 0.708. The predicted molar refractivity (Wildman–Crippen MR) is 58.5 cm³/mol. The molecule has 0 fully saturated rings. The SMILES string of the molecule is CCC(C)(C)c1cccn2nccc12. The summed E-state index contributed by atoms with van der Waals surface area (Å²) in [7, 11) is 0. The van der Waals surface area contributed by atoms with Crippen LogP contribution in [0.2, 0.25) is 0 Å². The fraction of sp³-hybridized carbons (Fsp3) is 0.417. The molecule has 74 valence electrons. The van der Waals surface area contributed by atoms with Gasteiger partial charge in [0.25, 0.3) is 0 Å². The molecule has 0 spiro atoms. The smallest absolute Gasteiger partial charge is 0.0698 e. The van der Waals surface area contributed by atoms with E-state index in [9.17, 15) is 0 Å². The van der Waals surface area contributed by atoms with E-state index in [1.807, 2.05) is 16.9 Å². The molecule has 2 heteroatoms. The van der Waals surface area contributed by atoms with Gasteiger partial charge in [-0.2, -0.15) is 5.10 Å². The molecule has 2 rings (SSSR count). The van der Waals surface area contributed by atoms with Crippen LogP contribution in [0.4, 0.5) is 0 Å². The summed E-state index contributed by atoms with van der Waals surface area (Å²) < 4.78 is 1.94. The summed E-state index contributed by atoms with van der Waals surface area (Å²) in [5, 5.41) is 4.24. The molecule has 2 aromatic heterocycles. The lowest BCUT2D eigenvalue weighted by molar-refractivity contribution is 0.508. The van der Waals surface area contributed by atoms with Crippen molar-refractivity contribution in [2.75, 3.05) is 0 Å². The van der Waals surface area contributed by atoms with Crippen LogP contribution >= 0.6 is 0 Å². The molecule has 2 nitrogen and oxygen atoms in total. The van der Waals surface area contributed by atoms with Crippen molar-refractivity contribution in [3.05, 3.63) is 36.2 Å². The summed E-state index contributed by atoms with van der Waals surface area (Å²) >= 11 is 0. The van der Waals surface area contributed by atoms with Gasteiger partial charge in [0.15, 0.2) is 0 Å². The number of hydrogen-bond donors (Lipinski definition) is 0. The van der Waals surface area contributed by atoms with Crippen LogP contribution in [0.1, 0.15) is 32.8 Å². The minimum absolute atomic E-state index is 0.225. The van der Waals surface area contributed by atoms with E-state index < -0.39 is 0 Å². The number of hydrogen-bond acceptors (Lipinski definition) is 1. The zero-order valence-electron chi connectivity index (χ0n) is 8.99. The first-order chi connectivity index (χ1) is 6.65. The second-order valence-electron chi connectivity index (χ2n) is 4.32. The van der Waals surface area contributed by atoms with Crippen molar-refractivity contribution >= 4 is 5.52 Å². The highest BCUT2D eigenvalue weighted by molar-refractivity contribution is 5.56. The van der Waals surface area contributed by atoms with Crippen LogP contribution in [0.15, 0.2) is 30.6 Å². The molecule has 0 saturated carbocycles. The topological polar surface area (TPSA) is 17.3 Å². The van der Waals surface area contributed by atoms with Crippen LogP contribution in [-0.4, -0.2) is 9.61 Å². The van der Waals surface area contributed by atoms with Gasteiger partial charge >= 0.3 is 0 Å². The Morgan fingerprint density at radius 1 is 1.36 bits per heavy atom. The van der Waals surface area contributed by atoms with Crippen LogP contribution < -0.4 is 0 Å². The third-order valence-corrected chi connectivity index (χ3v) is 3.05. The van der Waals surface area contributed by atoms with Gasteiger partial charge in [0.2, 0.25) is 0 Å². The summed E-state index contributed by atoms with van der Waals surface area (Å²) in [6.45, 7) is 6.77. The van der Waals surface area contributed by atoms with E-state index >= 15 is 0 Å². The van der Waals surface area contributed by atoms with Crippen LogP contribution in [0.5, 0.6) is 0 Å². The largest absolute Gasteiger partial charge is 0.241 e. The van der Waals surface area contributed by atoms with E-state index in [4.69, 9.17) is 0 Å². The van der Waals surface area contributed by atoms with Crippen molar-refractivity contribution in [1.82, 2.24) is 9.61 Å². The average Bonchev–Trinajstić information content (AvgIpc) is 2.64. The second-order valence-corrected chi connectivity index (χ2v) is 4.32. The molecular formula is C12H16N2. The molecule has 0 radical (unpaired) electrons. The van der Waals surface area contributed by atoms with Crippen LogP contribution in [0.25, 0.3) is 5.52 Å². The van der Waals surface area contributed by atoms with Gasteiger partial charge in [-0.25, -0.2) is 4.52 Å². The Labute approximate surface area is 84.6 Å². The molecule has 14 heavy (non-hydrogen) atoms. The van der Waals surface area contributed by atoms with Gasteiger partial charge in [-0.3, -0.25) is 0 Å². The monoisotopic (exact) mass is 188 g/mol. The van der Waals surface area contributed by atoms with Gasteiger partial charge < -0.3 is 0 Å². The highest BCUT2D eigenvalue weighted by Crippen LogP contribution is 2.29. The van der Waals surface area contributed by atoms with Gasteiger partial charge in [0, 0.05) is 12.4 Å². The molecule has 0 aliphatic heterocycles. The zero-order chi connectivity index (χ0) is 10.2. The summed E-state index contributed by atoms with van der Waals surface area (Å²) in [5.74, 6) is 0. The molecule has 0 N–H and O–H groups in total. The van der Waals surface area contributed by atoms with Gasteiger partial charge in [0.1, 0.15) is 0 Å².